The van der Waals surface area contributed by atoms with Gasteiger partial charge in [-0.2, -0.15) is 0 Å². The number of hydrogen-bond acceptors (Lipinski definition) is 2. The lowest BCUT2D eigenvalue weighted by atomic mass is 9.67. The predicted molar refractivity (Wildman–Crippen MR) is 73.9 cm³/mol. The SMILES string of the molecule is CC(CO)c1ccc(C23CCN(CC2)CC3)cc1. The number of rotatable bonds is 3. The third kappa shape index (κ3) is 1.98. The number of hydrogen-bond donors (Lipinski definition) is 1. The molecule has 3 aliphatic rings. The van der Waals surface area contributed by atoms with Gasteiger partial charge in [0.05, 0.1) is 0 Å². The summed E-state index contributed by atoms with van der Waals surface area (Å²) in [7, 11) is 0. The van der Waals surface area contributed by atoms with E-state index in [0.717, 1.165) is 0 Å². The number of nitrogens with zero attached hydrogens (tertiary/aromatic N) is 1. The molecule has 0 aromatic heterocycles. The number of aliphatic hydroxyl groups is 1. The quantitative estimate of drug-likeness (QED) is 0.884. The van der Waals surface area contributed by atoms with E-state index in [1.54, 1.807) is 0 Å². The van der Waals surface area contributed by atoms with Gasteiger partial charge in [-0.3, -0.25) is 0 Å². The van der Waals surface area contributed by atoms with Crippen molar-refractivity contribution in [2.75, 3.05) is 26.2 Å². The molecule has 3 heterocycles. The van der Waals surface area contributed by atoms with E-state index in [-0.39, 0.29) is 12.5 Å². The Bertz CT molecular complexity index is 390. The van der Waals surface area contributed by atoms with Crippen molar-refractivity contribution in [3.05, 3.63) is 35.4 Å². The minimum atomic E-state index is 0.236. The highest BCUT2D eigenvalue weighted by Gasteiger charge is 2.40. The van der Waals surface area contributed by atoms with Crippen molar-refractivity contribution in [1.82, 2.24) is 4.90 Å². The molecular formula is C16H23NO. The van der Waals surface area contributed by atoms with Gasteiger partial charge in [0.1, 0.15) is 0 Å². The zero-order valence-electron chi connectivity index (χ0n) is 11.2. The topological polar surface area (TPSA) is 23.5 Å². The first kappa shape index (κ1) is 12.2. The summed E-state index contributed by atoms with van der Waals surface area (Å²) in [6.45, 7) is 6.13. The largest absolute Gasteiger partial charge is 0.396 e. The molecule has 1 aromatic carbocycles. The van der Waals surface area contributed by atoms with Crippen LogP contribution in [0.4, 0.5) is 0 Å². The van der Waals surface area contributed by atoms with E-state index >= 15 is 0 Å². The van der Waals surface area contributed by atoms with E-state index in [9.17, 15) is 5.11 Å². The predicted octanol–water partition coefficient (Wildman–Crippen LogP) is 2.52. The lowest BCUT2D eigenvalue weighted by molar-refractivity contribution is 0.0817. The van der Waals surface area contributed by atoms with Crippen LogP contribution in [0, 0.1) is 0 Å². The first-order valence-electron chi connectivity index (χ1n) is 7.17. The van der Waals surface area contributed by atoms with Gasteiger partial charge in [0.2, 0.25) is 0 Å². The van der Waals surface area contributed by atoms with Crippen molar-refractivity contribution in [3.63, 3.8) is 0 Å². The van der Waals surface area contributed by atoms with Crippen LogP contribution < -0.4 is 0 Å². The molecule has 0 spiro atoms. The molecule has 3 aliphatic heterocycles. The molecule has 0 aliphatic carbocycles. The number of fused-ring (bicyclic) bond motifs is 3. The van der Waals surface area contributed by atoms with Gasteiger partial charge in [-0.1, -0.05) is 31.2 Å². The molecule has 1 atom stereocenters. The summed E-state index contributed by atoms with van der Waals surface area (Å²) in [5.74, 6) is 0.254. The Balaban J connectivity index is 1.84. The Morgan fingerprint density at radius 1 is 1.11 bits per heavy atom. The molecule has 2 bridgehead atoms. The van der Waals surface area contributed by atoms with Crippen LogP contribution >= 0.6 is 0 Å². The van der Waals surface area contributed by atoms with Crippen molar-refractivity contribution in [2.24, 2.45) is 0 Å². The van der Waals surface area contributed by atoms with E-state index in [4.69, 9.17) is 0 Å². The summed E-state index contributed by atoms with van der Waals surface area (Å²) in [4.78, 5) is 2.59. The van der Waals surface area contributed by atoms with Crippen molar-refractivity contribution >= 4 is 0 Å². The van der Waals surface area contributed by atoms with Crippen molar-refractivity contribution in [1.29, 1.82) is 0 Å². The molecule has 0 saturated carbocycles. The summed E-state index contributed by atoms with van der Waals surface area (Å²) in [6.07, 6.45) is 3.96. The van der Waals surface area contributed by atoms with Crippen molar-refractivity contribution in [2.45, 2.75) is 37.5 Å². The summed E-state index contributed by atoms with van der Waals surface area (Å²) in [5.41, 5.74) is 3.23. The zero-order chi connectivity index (χ0) is 12.6. The molecule has 0 amide bonds. The summed E-state index contributed by atoms with van der Waals surface area (Å²) >= 11 is 0. The summed E-state index contributed by atoms with van der Waals surface area (Å²) in [5, 5.41) is 9.20. The summed E-state index contributed by atoms with van der Waals surface area (Å²) in [6, 6.07) is 9.04. The molecule has 3 saturated heterocycles. The van der Waals surface area contributed by atoms with E-state index in [2.05, 4.69) is 36.1 Å². The van der Waals surface area contributed by atoms with Gasteiger partial charge >= 0.3 is 0 Å². The van der Waals surface area contributed by atoms with Crippen LogP contribution in [0.1, 0.15) is 43.2 Å². The molecule has 2 heteroatoms. The molecule has 1 unspecified atom stereocenters. The van der Waals surface area contributed by atoms with Gasteiger partial charge in [-0.25, -0.2) is 0 Å². The van der Waals surface area contributed by atoms with E-state index in [1.165, 1.54) is 50.0 Å². The zero-order valence-corrected chi connectivity index (χ0v) is 11.2. The summed E-state index contributed by atoms with van der Waals surface area (Å²) < 4.78 is 0. The Labute approximate surface area is 110 Å². The van der Waals surface area contributed by atoms with Gasteiger partial charge in [0, 0.05) is 12.5 Å². The second-order valence-electron chi connectivity index (χ2n) is 6.08. The lowest BCUT2D eigenvalue weighted by Crippen LogP contribution is -2.50. The highest BCUT2D eigenvalue weighted by atomic mass is 16.3. The third-order valence-electron chi connectivity index (χ3n) is 5.09. The highest BCUT2D eigenvalue weighted by molar-refractivity contribution is 5.32. The Kier molecular flexibility index (Phi) is 3.16. The van der Waals surface area contributed by atoms with Crippen LogP contribution in [-0.2, 0) is 5.41 Å². The van der Waals surface area contributed by atoms with E-state index in [1.807, 2.05) is 0 Å². The van der Waals surface area contributed by atoms with Crippen LogP contribution in [0.5, 0.6) is 0 Å². The van der Waals surface area contributed by atoms with Crippen LogP contribution in [0.15, 0.2) is 24.3 Å². The van der Waals surface area contributed by atoms with Gasteiger partial charge in [0.25, 0.3) is 0 Å². The maximum absolute atomic E-state index is 9.20. The number of benzene rings is 1. The average molecular weight is 245 g/mol. The monoisotopic (exact) mass is 245 g/mol. The molecule has 0 radical (unpaired) electrons. The second kappa shape index (κ2) is 4.67. The first-order chi connectivity index (χ1) is 8.73. The molecular weight excluding hydrogens is 222 g/mol. The fourth-order valence-corrected chi connectivity index (χ4v) is 3.53. The Morgan fingerprint density at radius 3 is 2.17 bits per heavy atom. The van der Waals surface area contributed by atoms with Gasteiger partial charge < -0.3 is 10.0 Å². The maximum Gasteiger partial charge on any atom is 0.0497 e. The molecule has 3 fully saturated rings. The third-order valence-corrected chi connectivity index (χ3v) is 5.09. The Hall–Kier alpha value is -0.860. The van der Waals surface area contributed by atoms with Gasteiger partial charge in [-0.15, -0.1) is 0 Å². The number of aliphatic hydroxyl groups excluding tert-OH is 1. The molecule has 18 heavy (non-hydrogen) atoms. The van der Waals surface area contributed by atoms with Crippen LogP contribution in [0.25, 0.3) is 0 Å². The molecule has 1 N–H and O–H groups in total. The Morgan fingerprint density at radius 2 is 1.67 bits per heavy atom. The molecule has 1 aromatic rings. The van der Waals surface area contributed by atoms with Crippen molar-refractivity contribution in [3.8, 4) is 0 Å². The first-order valence-corrected chi connectivity index (χ1v) is 7.17. The van der Waals surface area contributed by atoms with E-state index in [0.29, 0.717) is 5.41 Å². The smallest absolute Gasteiger partial charge is 0.0497 e. The normalized spacial score (nSPS) is 32.4. The average Bonchev–Trinajstić information content (AvgIpc) is 2.48. The minimum absolute atomic E-state index is 0.236. The standard InChI is InChI=1S/C16H23NO/c1-13(12-18)14-2-4-15(5-3-14)16-6-9-17(10-7-16)11-8-16/h2-5,13,18H,6-12H2,1H3. The van der Waals surface area contributed by atoms with Crippen LogP contribution in [-0.4, -0.2) is 36.2 Å². The van der Waals surface area contributed by atoms with Gasteiger partial charge in [0.15, 0.2) is 0 Å². The molecule has 2 nitrogen and oxygen atoms in total. The number of piperidine rings is 3. The van der Waals surface area contributed by atoms with Crippen LogP contribution in [0.3, 0.4) is 0 Å². The van der Waals surface area contributed by atoms with Gasteiger partial charge in [-0.05, 0) is 55.4 Å². The lowest BCUT2D eigenvalue weighted by Gasteiger charge is -2.49. The molecule has 4 rings (SSSR count). The molecule has 98 valence electrons. The highest BCUT2D eigenvalue weighted by Crippen LogP contribution is 2.42. The van der Waals surface area contributed by atoms with E-state index < -0.39 is 0 Å². The fraction of sp³-hybridized carbons (Fsp3) is 0.625. The fourth-order valence-electron chi connectivity index (χ4n) is 3.53. The minimum Gasteiger partial charge on any atom is -0.396 e. The maximum atomic E-state index is 9.20. The van der Waals surface area contributed by atoms with Crippen molar-refractivity contribution < 1.29 is 5.11 Å². The second-order valence-corrected chi connectivity index (χ2v) is 6.08. The van der Waals surface area contributed by atoms with Crippen LogP contribution in [0.2, 0.25) is 0 Å².